The molecule has 0 radical (unpaired) electrons. The van der Waals surface area contributed by atoms with Crippen molar-refractivity contribution in [2.75, 3.05) is 0 Å². The van der Waals surface area contributed by atoms with Gasteiger partial charge in [0.2, 0.25) is 0 Å². The van der Waals surface area contributed by atoms with Crippen molar-refractivity contribution in [1.29, 1.82) is 0 Å². The second-order valence-electron chi connectivity index (χ2n) is 8.47. The monoisotopic (exact) mass is 326 g/mol. The minimum absolute atomic E-state index is 0.104. The van der Waals surface area contributed by atoms with E-state index >= 15 is 0 Å². The Bertz CT molecular complexity index is 662. The highest BCUT2D eigenvalue weighted by molar-refractivity contribution is 5.60. The number of rotatable bonds is 2. The van der Waals surface area contributed by atoms with Crippen LogP contribution in [-0.4, -0.2) is 16.3 Å². The van der Waals surface area contributed by atoms with Crippen molar-refractivity contribution < 1.29 is 10.2 Å². The Morgan fingerprint density at radius 3 is 2.83 bits per heavy atom. The van der Waals surface area contributed by atoms with Gasteiger partial charge in [-0.25, -0.2) is 0 Å². The molecule has 1 aromatic carbocycles. The molecule has 130 valence electrons. The molecule has 0 spiro atoms. The first-order chi connectivity index (χ1) is 11.5. The van der Waals surface area contributed by atoms with Gasteiger partial charge in [-0.3, -0.25) is 0 Å². The van der Waals surface area contributed by atoms with Gasteiger partial charge in [0.05, 0.1) is 6.10 Å². The van der Waals surface area contributed by atoms with E-state index in [1.54, 1.807) is 0 Å². The van der Waals surface area contributed by atoms with Crippen LogP contribution in [0.4, 0.5) is 0 Å². The molecule has 0 amide bonds. The first kappa shape index (κ1) is 16.2. The van der Waals surface area contributed by atoms with E-state index in [-0.39, 0.29) is 11.5 Å². The fourth-order valence-electron chi connectivity index (χ4n) is 5.98. The number of fused-ring (bicyclic) bond motifs is 5. The van der Waals surface area contributed by atoms with Crippen LogP contribution < -0.4 is 0 Å². The highest BCUT2D eigenvalue weighted by Crippen LogP contribution is 2.61. The predicted octanol–water partition coefficient (Wildman–Crippen LogP) is 5.03. The van der Waals surface area contributed by atoms with Gasteiger partial charge in [-0.1, -0.05) is 26.0 Å². The van der Waals surface area contributed by atoms with Crippen molar-refractivity contribution in [2.45, 2.75) is 70.8 Å². The molecule has 0 unspecified atom stereocenters. The number of hydrogen-bond donors (Lipinski definition) is 2. The number of hydrogen-bond acceptors (Lipinski definition) is 2. The smallest absolute Gasteiger partial charge is 0.123 e. The van der Waals surface area contributed by atoms with E-state index in [9.17, 15) is 10.2 Å². The topological polar surface area (TPSA) is 40.5 Å². The Morgan fingerprint density at radius 2 is 2.04 bits per heavy atom. The van der Waals surface area contributed by atoms with E-state index in [2.05, 4.69) is 32.1 Å². The fraction of sp³-hybridized carbons (Fsp3) is 0.636. The maximum atomic E-state index is 10.5. The summed E-state index contributed by atoms with van der Waals surface area (Å²) in [6.07, 6.45) is 11.8. The molecule has 0 aliphatic heterocycles. The van der Waals surface area contributed by atoms with Crippen LogP contribution in [-0.2, 0) is 6.42 Å². The van der Waals surface area contributed by atoms with Crippen LogP contribution >= 0.6 is 0 Å². The Labute approximate surface area is 145 Å². The summed E-state index contributed by atoms with van der Waals surface area (Å²) in [5, 5.41) is 20.8. The number of phenols is 1. The van der Waals surface area contributed by atoms with Crippen LogP contribution in [0.25, 0.3) is 6.08 Å². The molecular weight excluding hydrogens is 296 g/mol. The van der Waals surface area contributed by atoms with Gasteiger partial charge >= 0.3 is 0 Å². The third-order valence-electron chi connectivity index (χ3n) is 7.36. The van der Waals surface area contributed by atoms with Gasteiger partial charge in [0.1, 0.15) is 5.75 Å². The van der Waals surface area contributed by atoms with Crippen molar-refractivity contribution in [3.63, 3.8) is 0 Å². The standard InChI is InChI=1S/C22H30O2/c1-3-4-5-15-12-18-14(13-20(15)23)6-7-17-16(18)10-11-22(2)19(17)8-9-21(22)24/h4-5,12-13,16-17,19,21,23-24H,3,6-11H2,1-2H3/b5-4+/t16-,17+,19+,21-,22+/m0/s1. The lowest BCUT2D eigenvalue weighted by Gasteiger charge is -2.50. The average Bonchev–Trinajstić information content (AvgIpc) is 2.88. The molecule has 2 nitrogen and oxygen atoms in total. The molecule has 2 heteroatoms. The summed E-state index contributed by atoms with van der Waals surface area (Å²) in [6, 6.07) is 4.26. The molecule has 0 bridgehead atoms. The Kier molecular flexibility index (Phi) is 3.99. The van der Waals surface area contributed by atoms with Crippen LogP contribution in [0.2, 0.25) is 0 Å². The predicted molar refractivity (Wildman–Crippen MR) is 98.1 cm³/mol. The summed E-state index contributed by atoms with van der Waals surface area (Å²) >= 11 is 0. The summed E-state index contributed by atoms with van der Waals surface area (Å²) < 4.78 is 0. The van der Waals surface area contributed by atoms with E-state index < -0.39 is 0 Å². The number of aryl methyl sites for hydroxylation is 1. The van der Waals surface area contributed by atoms with E-state index in [0.29, 0.717) is 23.5 Å². The average molecular weight is 326 g/mol. The molecular formula is C22H30O2. The molecule has 0 saturated heterocycles. The number of aliphatic hydroxyl groups excluding tert-OH is 1. The van der Waals surface area contributed by atoms with Crippen molar-refractivity contribution in [1.82, 2.24) is 0 Å². The third-order valence-corrected chi connectivity index (χ3v) is 7.36. The zero-order valence-electron chi connectivity index (χ0n) is 15.0. The second kappa shape index (κ2) is 5.91. The van der Waals surface area contributed by atoms with Gasteiger partial charge < -0.3 is 10.2 Å². The molecule has 3 aliphatic rings. The lowest BCUT2D eigenvalue weighted by molar-refractivity contribution is -0.0226. The fourth-order valence-corrected chi connectivity index (χ4v) is 5.98. The quantitative estimate of drug-likeness (QED) is 0.800. The number of aromatic hydroxyl groups is 1. The molecule has 3 aliphatic carbocycles. The van der Waals surface area contributed by atoms with Crippen molar-refractivity contribution in [3.05, 3.63) is 34.9 Å². The molecule has 2 fully saturated rings. The lowest BCUT2D eigenvalue weighted by Crippen LogP contribution is -2.43. The van der Waals surface area contributed by atoms with E-state index in [1.165, 1.54) is 30.4 Å². The Hall–Kier alpha value is -1.28. The number of allylic oxidation sites excluding steroid dienone is 1. The molecule has 2 N–H and O–H groups in total. The Morgan fingerprint density at radius 1 is 1.21 bits per heavy atom. The number of phenolic OH excluding ortho intramolecular Hbond substituents is 1. The van der Waals surface area contributed by atoms with Crippen LogP contribution in [0.1, 0.15) is 75.0 Å². The van der Waals surface area contributed by atoms with Crippen LogP contribution in [0.3, 0.4) is 0 Å². The zero-order chi connectivity index (χ0) is 16.9. The first-order valence-electron chi connectivity index (χ1n) is 9.75. The van der Waals surface area contributed by atoms with Gasteiger partial charge in [-0.2, -0.15) is 0 Å². The van der Waals surface area contributed by atoms with Crippen LogP contribution in [0.5, 0.6) is 5.75 Å². The molecule has 24 heavy (non-hydrogen) atoms. The van der Waals surface area contributed by atoms with Crippen molar-refractivity contribution >= 4 is 6.08 Å². The summed E-state index contributed by atoms with van der Waals surface area (Å²) in [6.45, 7) is 4.45. The Balaban J connectivity index is 1.70. The molecule has 2 saturated carbocycles. The summed E-state index contributed by atoms with van der Waals surface area (Å²) in [5.74, 6) is 2.42. The van der Waals surface area contributed by atoms with Gasteiger partial charge in [0.15, 0.2) is 0 Å². The second-order valence-corrected chi connectivity index (χ2v) is 8.47. The van der Waals surface area contributed by atoms with Crippen LogP contribution in [0, 0.1) is 17.3 Å². The van der Waals surface area contributed by atoms with E-state index in [1.807, 2.05) is 6.07 Å². The SMILES string of the molecule is CC/C=C/c1cc2c(cc1O)CC[C@@H]1[C@@H]2CC[C@]2(C)[C@@H]1CC[C@@H]2O. The first-order valence-corrected chi connectivity index (χ1v) is 9.75. The maximum absolute atomic E-state index is 10.5. The maximum Gasteiger partial charge on any atom is 0.123 e. The molecule has 4 rings (SSSR count). The lowest BCUT2D eigenvalue weighted by atomic mass is 9.55. The normalized spacial score (nSPS) is 38.0. The minimum atomic E-state index is -0.104. The third kappa shape index (κ3) is 2.34. The van der Waals surface area contributed by atoms with Crippen molar-refractivity contribution in [2.24, 2.45) is 17.3 Å². The highest BCUT2D eigenvalue weighted by atomic mass is 16.3. The van der Waals surface area contributed by atoms with Crippen molar-refractivity contribution in [3.8, 4) is 5.75 Å². The molecule has 5 atom stereocenters. The van der Waals surface area contributed by atoms with Gasteiger partial charge in [-0.15, -0.1) is 0 Å². The van der Waals surface area contributed by atoms with Gasteiger partial charge in [0.25, 0.3) is 0 Å². The van der Waals surface area contributed by atoms with E-state index in [0.717, 1.165) is 31.2 Å². The number of benzene rings is 1. The molecule has 1 aromatic rings. The summed E-state index contributed by atoms with van der Waals surface area (Å²) in [7, 11) is 0. The van der Waals surface area contributed by atoms with E-state index in [4.69, 9.17) is 0 Å². The number of aliphatic hydroxyl groups is 1. The molecule has 0 heterocycles. The summed E-state index contributed by atoms with van der Waals surface area (Å²) in [5.41, 5.74) is 3.93. The molecule has 0 aromatic heterocycles. The summed E-state index contributed by atoms with van der Waals surface area (Å²) in [4.78, 5) is 0. The highest BCUT2D eigenvalue weighted by Gasteiger charge is 2.54. The minimum Gasteiger partial charge on any atom is -0.507 e. The zero-order valence-corrected chi connectivity index (χ0v) is 15.0. The largest absolute Gasteiger partial charge is 0.507 e. The van der Waals surface area contributed by atoms with Gasteiger partial charge in [0, 0.05) is 5.56 Å². The van der Waals surface area contributed by atoms with Crippen LogP contribution in [0.15, 0.2) is 18.2 Å². The van der Waals surface area contributed by atoms with Gasteiger partial charge in [-0.05, 0) is 91.4 Å².